The standard InChI is InChI=1S/C46H28N2O/c1-2-11-32(12-3-1)47-40-16-8-6-14-35(40)38-26-30(18-23-42(38)47)31-19-24-43-39(27-31)36-15-7-9-17-41(36)48(43)33-21-22-37-45(28-33)49-44-25-20-29-10-4-5-13-34(29)46(37)44/h1-28H. The Balaban J connectivity index is 1.09. The van der Waals surface area contributed by atoms with Crippen LogP contribution in [0.2, 0.25) is 0 Å². The van der Waals surface area contributed by atoms with Crippen molar-refractivity contribution in [2.24, 2.45) is 0 Å². The van der Waals surface area contributed by atoms with E-state index in [0.29, 0.717) is 0 Å². The SMILES string of the molecule is c1ccc(-n2c3ccccc3c3cc(-c4ccc5c(c4)c4ccccc4n5-c4ccc5c(c4)oc4ccc6ccccc6c45)ccc32)cc1. The second kappa shape index (κ2) is 9.96. The average molecular weight is 625 g/mol. The van der Waals surface area contributed by atoms with Gasteiger partial charge in [0.25, 0.3) is 0 Å². The molecule has 0 amide bonds. The Morgan fingerprint density at radius 1 is 0.327 bits per heavy atom. The third-order valence-corrected chi connectivity index (χ3v) is 10.3. The molecule has 0 saturated carbocycles. The van der Waals surface area contributed by atoms with Crippen LogP contribution < -0.4 is 0 Å². The van der Waals surface area contributed by atoms with E-state index in [1.807, 2.05) is 0 Å². The first-order valence-corrected chi connectivity index (χ1v) is 16.8. The number of furan rings is 1. The summed E-state index contributed by atoms with van der Waals surface area (Å²) >= 11 is 0. The van der Waals surface area contributed by atoms with Crippen molar-refractivity contribution in [1.29, 1.82) is 0 Å². The lowest BCUT2D eigenvalue weighted by Crippen LogP contribution is -1.93. The van der Waals surface area contributed by atoms with Gasteiger partial charge in [-0.1, -0.05) is 97.1 Å². The quantitative estimate of drug-likeness (QED) is 0.192. The number of benzene rings is 8. The number of fused-ring (bicyclic) bond motifs is 11. The lowest BCUT2D eigenvalue weighted by molar-refractivity contribution is 0.669. The van der Waals surface area contributed by atoms with Crippen molar-refractivity contribution in [3.05, 3.63) is 170 Å². The summed E-state index contributed by atoms with van der Waals surface area (Å²) in [5.41, 5.74) is 11.3. The minimum atomic E-state index is 0.898. The molecule has 0 aliphatic rings. The molecule has 11 rings (SSSR count). The maximum absolute atomic E-state index is 6.48. The zero-order chi connectivity index (χ0) is 32.1. The van der Waals surface area contributed by atoms with Crippen molar-refractivity contribution in [1.82, 2.24) is 9.13 Å². The van der Waals surface area contributed by atoms with Gasteiger partial charge in [0.05, 0.1) is 22.1 Å². The van der Waals surface area contributed by atoms with Gasteiger partial charge in [-0.15, -0.1) is 0 Å². The first-order valence-electron chi connectivity index (χ1n) is 16.8. The highest BCUT2D eigenvalue weighted by Crippen LogP contribution is 2.40. The molecule has 49 heavy (non-hydrogen) atoms. The number of rotatable bonds is 3. The Bertz CT molecular complexity index is 3100. The number of hydrogen-bond donors (Lipinski definition) is 0. The molecule has 3 aromatic heterocycles. The molecule has 8 aromatic carbocycles. The molecule has 0 bridgehead atoms. The molecule has 228 valence electrons. The monoisotopic (exact) mass is 624 g/mol. The molecule has 0 atom stereocenters. The molecular formula is C46H28N2O. The lowest BCUT2D eigenvalue weighted by Gasteiger charge is -2.09. The van der Waals surface area contributed by atoms with Gasteiger partial charge in [0, 0.05) is 49.8 Å². The van der Waals surface area contributed by atoms with Crippen LogP contribution in [0.3, 0.4) is 0 Å². The van der Waals surface area contributed by atoms with Crippen molar-refractivity contribution < 1.29 is 4.42 Å². The normalized spacial score (nSPS) is 12.1. The first kappa shape index (κ1) is 26.5. The Hall–Kier alpha value is -6.58. The van der Waals surface area contributed by atoms with Crippen LogP contribution in [-0.4, -0.2) is 9.13 Å². The highest BCUT2D eigenvalue weighted by Gasteiger charge is 2.17. The first-order chi connectivity index (χ1) is 24.3. The topological polar surface area (TPSA) is 23.0 Å². The maximum Gasteiger partial charge on any atom is 0.137 e. The van der Waals surface area contributed by atoms with E-state index >= 15 is 0 Å². The molecule has 0 saturated heterocycles. The number of nitrogens with zero attached hydrogens (tertiary/aromatic N) is 2. The molecule has 3 heteroatoms. The summed E-state index contributed by atoms with van der Waals surface area (Å²) in [6, 6.07) is 61.3. The second-order valence-electron chi connectivity index (χ2n) is 12.9. The maximum atomic E-state index is 6.48. The van der Waals surface area contributed by atoms with Gasteiger partial charge >= 0.3 is 0 Å². The summed E-state index contributed by atoms with van der Waals surface area (Å²) in [7, 11) is 0. The highest BCUT2D eigenvalue weighted by atomic mass is 16.3. The fourth-order valence-corrected chi connectivity index (χ4v) is 8.11. The summed E-state index contributed by atoms with van der Waals surface area (Å²) in [5.74, 6) is 0. The summed E-state index contributed by atoms with van der Waals surface area (Å²) < 4.78 is 11.2. The zero-order valence-corrected chi connectivity index (χ0v) is 26.5. The molecule has 3 nitrogen and oxygen atoms in total. The van der Waals surface area contributed by atoms with Gasteiger partial charge in [0.1, 0.15) is 11.2 Å². The molecule has 11 aromatic rings. The van der Waals surface area contributed by atoms with Gasteiger partial charge in [-0.2, -0.15) is 0 Å². The van der Waals surface area contributed by atoms with E-state index in [0.717, 1.165) is 22.2 Å². The van der Waals surface area contributed by atoms with Gasteiger partial charge in [0.15, 0.2) is 0 Å². The van der Waals surface area contributed by atoms with Crippen LogP contribution in [0, 0.1) is 0 Å². The summed E-state index contributed by atoms with van der Waals surface area (Å²) in [4.78, 5) is 0. The Kier molecular flexibility index (Phi) is 5.38. The van der Waals surface area contributed by atoms with Gasteiger partial charge < -0.3 is 13.6 Å². The average Bonchev–Trinajstić information content (AvgIpc) is 3.82. The number of para-hydroxylation sites is 3. The van der Waals surface area contributed by atoms with E-state index < -0.39 is 0 Å². The van der Waals surface area contributed by atoms with Crippen molar-refractivity contribution in [2.45, 2.75) is 0 Å². The summed E-state index contributed by atoms with van der Waals surface area (Å²) in [6.45, 7) is 0. The number of hydrogen-bond acceptors (Lipinski definition) is 1. The van der Waals surface area contributed by atoms with E-state index in [1.165, 1.54) is 76.6 Å². The molecule has 3 heterocycles. The summed E-state index contributed by atoms with van der Waals surface area (Å²) in [5, 5.41) is 9.74. The van der Waals surface area contributed by atoms with Crippen molar-refractivity contribution in [2.75, 3.05) is 0 Å². The molecule has 0 N–H and O–H groups in total. The van der Waals surface area contributed by atoms with E-state index in [-0.39, 0.29) is 0 Å². The largest absolute Gasteiger partial charge is 0.456 e. The zero-order valence-electron chi connectivity index (χ0n) is 26.5. The molecule has 0 aliphatic heterocycles. The van der Waals surface area contributed by atoms with Crippen LogP contribution in [0.4, 0.5) is 0 Å². The fourth-order valence-electron chi connectivity index (χ4n) is 8.11. The fraction of sp³-hybridized carbons (Fsp3) is 0. The Labute approximate surface area is 281 Å². The van der Waals surface area contributed by atoms with E-state index in [4.69, 9.17) is 4.42 Å². The molecule has 0 fully saturated rings. The predicted octanol–water partition coefficient (Wildman–Crippen LogP) is 12.6. The van der Waals surface area contributed by atoms with Gasteiger partial charge in [-0.3, -0.25) is 0 Å². The molecular weight excluding hydrogens is 597 g/mol. The van der Waals surface area contributed by atoms with Gasteiger partial charge in [-0.25, -0.2) is 0 Å². The molecule has 0 aliphatic carbocycles. The smallest absolute Gasteiger partial charge is 0.137 e. The van der Waals surface area contributed by atoms with Crippen molar-refractivity contribution in [3.63, 3.8) is 0 Å². The van der Waals surface area contributed by atoms with Crippen LogP contribution in [-0.2, 0) is 0 Å². The van der Waals surface area contributed by atoms with E-state index in [1.54, 1.807) is 0 Å². The van der Waals surface area contributed by atoms with Crippen molar-refractivity contribution >= 4 is 76.3 Å². The minimum Gasteiger partial charge on any atom is -0.456 e. The van der Waals surface area contributed by atoms with Crippen LogP contribution in [0.1, 0.15) is 0 Å². The Morgan fingerprint density at radius 3 is 1.59 bits per heavy atom. The minimum absolute atomic E-state index is 0.898. The number of aromatic nitrogens is 2. The van der Waals surface area contributed by atoms with Crippen LogP contribution in [0.5, 0.6) is 0 Å². The van der Waals surface area contributed by atoms with E-state index in [9.17, 15) is 0 Å². The van der Waals surface area contributed by atoms with E-state index in [2.05, 4.69) is 179 Å². The third kappa shape index (κ3) is 3.78. The lowest BCUT2D eigenvalue weighted by atomic mass is 10.0. The molecule has 0 radical (unpaired) electrons. The van der Waals surface area contributed by atoms with Crippen LogP contribution in [0.15, 0.2) is 174 Å². The van der Waals surface area contributed by atoms with Crippen molar-refractivity contribution in [3.8, 4) is 22.5 Å². The van der Waals surface area contributed by atoms with Crippen LogP contribution in [0.25, 0.3) is 98.8 Å². The summed E-state index contributed by atoms with van der Waals surface area (Å²) in [6.07, 6.45) is 0. The second-order valence-corrected chi connectivity index (χ2v) is 12.9. The Morgan fingerprint density at radius 2 is 0.898 bits per heavy atom. The third-order valence-electron chi connectivity index (χ3n) is 10.3. The van der Waals surface area contributed by atoms with Gasteiger partial charge in [-0.05, 0) is 88.6 Å². The van der Waals surface area contributed by atoms with Crippen LogP contribution >= 0.6 is 0 Å². The highest BCUT2D eigenvalue weighted by molar-refractivity contribution is 6.19. The molecule has 0 spiro atoms. The molecule has 0 unspecified atom stereocenters. The predicted molar refractivity (Wildman–Crippen MR) is 205 cm³/mol. The van der Waals surface area contributed by atoms with Gasteiger partial charge in [0.2, 0.25) is 0 Å².